The molecule has 2 N–H and O–H groups in total. The van der Waals surface area contributed by atoms with Crippen LogP contribution in [0.3, 0.4) is 0 Å². The normalized spacial score (nSPS) is 11.3. The molecule has 0 saturated carbocycles. The molecule has 0 aliphatic carbocycles. The first-order valence-electron chi connectivity index (χ1n) is 8.16. The number of rotatable bonds is 8. The third kappa shape index (κ3) is 5.89. The molecule has 0 fully saturated rings. The van der Waals surface area contributed by atoms with E-state index in [1.807, 2.05) is 0 Å². The first kappa shape index (κ1) is 22.6. The highest BCUT2D eigenvalue weighted by molar-refractivity contribution is 7.86. The van der Waals surface area contributed by atoms with Crippen LogP contribution in [-0.4, -0.2) is 36.7 Å². The van der Waals surface area contributed by atoms with E-state index in [2.05, 4.69) is 15.5 Å². The lowest BCUT2D eigenvalue weighted by atomic mass is 10.2. The molecule has 0 unspecified atom stereocenters. The van der Waals surface area contributed by atoms with Gasteiger partial charge in [0.25, 0.3) is 15.8 Å². The van der Waals surface area contributed by atoms with Crippen LogP contribution >= 0.6 is 0 Å². The molecule has 2 aromatic rings. The van der Waals surface area contributed by atoms with Gasteiger partial charge in [-0.05, 0) is 25.1 Å². The Kier molecular flexibility index (Phi) is 6.92. The average molecular weight is 436 g/mol. The number of ether oxygens (including phenoxy) is 1. The minimum absolute atomic E-state index is 0.0130. The summed E-state index contributed by atoms with van der Waals surface area (Å²) in [5.74, 6) is -0.653. The number of non-ortho nitro benzene ring substituents is 1. The van der Waals surface area contributed by atoms with Crippen LogP contribution in [0.15, 0.2) is 51.5 Å². The Morgan fingerprint density at radius 3 is 2.40 bits per heavy atom. The monoisotopic (exact) mass is 436 g/mol. The van der Waals surface area contributed by atoms with Gasteiger partial charge < -0.3 is 10.1 Å². The number of hydrogen-bond donors (Lipinski definition) is 2. The van der Waals surface area contributed by atoms with Crippen LogP contribution in [0.5, 0.6) is 5.75 Å². The predicted octanol–water partition coefficient (Wildman–Crippen LogP) is 3.18. The SMILES string of the molecule is COc1ccc(NC(=O)CC(C)=O)c(N=Nc2cc([N+](=O)[O-])ccc2S(=O)(=O)O)c1. The number of methoxy groups -OCH3 is 1. The van der Waals surface area contributed by atoms with Crippen molar-refractivity contribution in [1.29, 1.82) is 0 Å². The highest BCUT2D eigenvalue weighted by Crippen LogP contribution is 2.34. The number of nitro groups is 1. The standard InChI is InChI=1S/C17H16N4O8S/c1-10(22)7-17(23)18-13-5-4-12(29-2)9-14(13)19-20-15-8-11(21(24)25)3-6-16(15)30(26,27)28/h3-6,8-9H,7H2,1-2H3,(H,18,23)(H,26,27,28). The molecule has 0 radical (unpaired) electrons. The molecular weight excluding hydrogens is 420 g/mol. The Labute approximate surface area is 170 Å². The number of azo groups is 1. The van der Waals surface area contributed by atoms with Crippen LogP contribution in [0.1, 0.15) is 13.3 Å². The van der Waals surface area contributed by atoms with Gasteiger partial charge in [0.05, 0.1) is 24.1 Å². The summed E-state index contributed by atoms with van der Waals surface area (Å²) >= 11 is 0. The molecule has 2 rings (SSSR count). The van der Waals surface area contributed by atoms with E-state index >= 15 is 0 Å². The summed E-state index contributed by atoms with van der Waals surface area (Å²) in [6, 6.07) is 6.81. The topological polar surface area (TPSA) is 178 Å². The van der Waals surface area contributed by atoms with E-state index in [-0.39, 0.29) is 23.6 Å². The Morgan fingerprint density at radius 1 is 1.17 bits per heavy atom. The summed E-state index contributed by atoms with van der Waals surface area (Å²) in [5.41, 5.74) is -0.823. The molecule has 0 bridgehead atoms. The molecular formula is C17H16N4O8S. The van der Waals surface area contributed by atoms with Crippen LogP contribution in [0, 0.1) is 10.1 Å². The molecule has 2 aromatic carbocycles. The van der Waals surface area contributed by atoms with E-state index in [0.717, 1.165) is 18.2 Å². The van der Waals surface area contributed by atoms with Crippen LogP contribution < -0.4 is 10.1 Å². The number of anilines is 1. The van der Waals surface area contributed by atoms with Gasteiger partial charge in [-0.1, -0.05) is 0 Å². The number of benzene rings is 2. The molecule has 0 heterocycles. The van der Waals surface area contributed by atoms with Crippen molar-refractivity contribution >= 4 is 44.6 Å². The summed E-state index contributed by atoms with van der Waals surface area (Å²) in [7, 11) is -3.37. The molecule has 0 atom stereocenters. The van der Waals surface area contributed by atoms with Crippen molar-refractivity contribution in [3.63, 3.8) is 0 Å². The van der Waals surface area contributed by atoms with Crippen LogP contribution in [0.2, 0.25) is 0 Å². The second-order valence-electron chi connectivity index (χ2n) is 5.89. The van der Waals surface area contributed by atoms with E-state index in [1.54, 1.807) is 0 Å². The van der Waals surface area contributed by atoms with Gasteiger partial charge in [0.1, 0.15) is 27.8 Å². The molecule has 0 saturated heterocycles. The number of hydrogen-bond acceptors (Lipinski definition) is 9. The highest BCUT2D eigenvalue weighted by atomic mass is 32.2. The van der Waals surface area contributed by atoms with Gasteiger partial charge >= 0.3 is 0 Å². The highest BCUT2D eigenvalue weighted by Gasteiger charge is 2.20. The van der Waals surface area contributed by atoms with E-state index in [4.69, 9.17) is 4.74 Å². The van der Waals surface area contributed by atoms with Gasteiger partial charge in [0, 0.05) is 18.2 Å². The number of Topliss-reactive ketones (excluding diaryl/α,β-unsaturated/α-hetero) is 1. The fourth-order valence-electron chi connectivity index (χ4n) is 2.27. The van der Waals surface area contributed by atoms with Crippen molar-refractivity contribution in [2.45, 2.75) is 18.2 Å². The van der Waals surface area contributed by atoms with Crippen molar-refractivity contribution < 1.29 is 32.2 Å². The number of nitro benzene ring substituents is 1. The number of nitrogens with zero attached hydrogens (tertiary/aromatic N) is 3. The average Bonchev–Trinajstić information content (AvgIpc) is 2.65. The molecule has 12 nitrogen and oxygen atoms in total. The maximum atomic E-state index is 11.9. The van der Waals surface area contributed by atoms with Crippen molar-refractivity contribution in [1.82, 2.24) is 0 Å². The van der Waals surface area contributed by atoms with Gasteiger partial charge in [-0.15, -0.1) is 10.2 Å². The predicted molar refractivity (Wildman–Crippen MR) is 104 cm³/mol. The van der Waals surface area contributed by atoms with E-state index in [1.165, 1.54) is 32.2 Å². The number of ketones is 1. The fraction of sp³-hybridized carbons (Fsp3) is 0.176. The summed E-state index contributed by atoms with van der Waals surface area (Å²) in [6.07, 6.45) is -0.375. The zero-order valence-corrected chi connectivity index (χ0v) is 16.5. The van der Waals surface area contributed by atoms with Crippen molar-refractivity contribution in [3.05, 3.63) is 46.5 Å². The number of carbonyl (C=O) groups excluding carboxylic acids is 2. The van der Waals surface area contributed by atoms with Gasteiger partial charge in [-0.25, -0.2) is 0 Å². The Morgan fingerprint density at radius 2 is 1.83 bits per heavy atom. The van der Waals surface area contributed by atoms with Crippen LogP contribution in [0.4, 0.5) is 22.7 Å². The Bertz CT molecular complexity index is 1140. The van der Waals surface area contributed by atoms with Crippen molar-refractivity contribution in [2.75, 3.05) is 12.4 Å². The summed E-state index contributed by atoms with van der Waals surface area (Å²) < 4.78 is 37.5. The molecule has 0 aliphatic rings. The molecule has 30 heavy (non-hydrogen) atoms. The van der Waals surface area contributed by atoms with E-state index in [9.17, 15) is 32.7 Å². The molecule has 1 amide bonds. The lowest BCUT2D eigenvalue weighted by Crippen LogP contribution is -2.14. The molecule has 13 heteroatoms. The number of amides is 1. The van der Waals surface area contributed by atoms with Gasteiger partial charge in [-0.2, -0.15) is 8.42 Å². The minimum Gasteiger partial charge on any atom is -0.497 e. The molecule has 0 aromatic heterocycles. The Balaban J connectivity index is 2.52. The number of carbonyl (C=O) groups is 2. The van der Waals surface area contributed by atoms with E-state index in [0.29, 0.717) is 5.75 Å². The summed E-state index contributed by atoms with van der Waals surface area (Å²) in [6.45, 7) is 1.24. The lowest BCUT2D eigenvalue weighted by molar-refractivity contribution is -0.384. The maximum Gasteiger partial charge on any atom is 0.296 e. The first-order valence-corrected chi connectivity index (χ1v) is 9.60. The summed E-state index contributed by atoms with van der Waals surface area (Å²) in [4.78, 5) is 32.5. The minimum atomic E-state index is -4.74. The van der Waals surface area contributed by atoms with Crippen LogP contribution in [0.25, 0.3) is 0 Å². The smallest absolute Gasteiger partial charge is 0.296 e. The second kappa shape index (κ2) is 9.19. The second-order valence-corrected chi connectivity index (χ2v) is 7.28. The number of nitrogens with one attached hydrogen (secondary N) is 1. The van der Waals surface area contributed by atoms with E-state index < -0.39 is 37.2 Å². The third-order valence-corrected chi connectivity index (χ3v) is 4.49. The largest absolute Gasteiger partial charge is 0.497 e. The van der Waals surface area contributed by atoms with Gasteiger partial charge in [0.2, 0.25) is 5.91 Å². The summed E-state index contributed by atoms with van der Waals surface area (Å²) in [5, 5.41) is 21.0. The maximum absolute atomic E-state index is 11.9. The van der Waals surface area contributed by atoms with Gasteiger partial charge in [-0.3, -0.25) is 24.3 Å². The molecule has 0 spiro atoms. The zero-order chi connectivity index (χ0) is 22.5. The quantitative estimate of drug-likeness (QED) is 0.208. The third-order valence-electron chi connectivity index (χ3n) is 3.59. The fourth-order valence-corrected chi connectivity index (χ4v) is 2.87. The first-order chi connectivity index (χ1) is 14.0. The lowest BCUT2D eigenvalue weighted by Gasteiger charge is -2.09. The molecule has 158 valence electrons. The Hall–Kier alpha value is -3.71. The zero-order valence-electron chi connectivity index (χ0n) is 15.7. The van der Waals surface area contributed by atoms with Gasteiger partial charge in [0.15, 0.2) is 0 Å². The van der Waals surface area contributed by atoms with Crippen molar-refractivity contribution in [3.8, 4) is 5.75 Å². The molecule has 0 aliphatic heterocycles. The van der Waals surface area contributed by atoms with Crippen LogP contribution in [-0.2, 0) is 19.7 Å². The van der Waals surface area contributed by atoms with Crippen molar-refractivity contribution in [2.24, 2.45) is 10.2 Å².